The molecule has 0 fully saturated rings. The van der Waals surface area contributed by atoms with Crippen LogP contribution in [0.3, 0.4) is 0 Å². The van der Waals surface area contributed by atoms with E-state index in [0.29, 0.717) is 6.04 Å². The number of pyridine rings is 1. The molecular weight excluding hydrogens is 468 g/mol. The number of nitrogens with zero attached hydrogens (tertiary/aromatic N) is 1. The minimum atomic E-state index is 0. The van der Waals surface area contributed by atoms with Crippen LogP contribution in [0.15, 0.2) is 41.4 Å². The van der Waals surface area contributed by atoms with Gasteiger partial charge in [0.25, 0.3) is 0 Å². The van der Waals surface area contributed by atoms with Crippen molar-refractivity contribution < 1.29 is 28.5 Å². The maximum atomic E-state index is 2.57. The topological polar surface area (TPSA) is 3.88 Å². The summed E-state index contributed by atoms with van der Waals surface area (Å²) in [5.41, 5.74) is 1.37. The van der Waals surface area contributed by atoms with E-state index in [9.17, 15) is 0 Å². The molecule has 4 heteroatoms. The first kappa shape index (κ1) is 14.8. The monoisotopic (exact) mass is 483 g/mol. The third-order valence-electron chi connectivity index (χ3n) is 3.33. The predicted molar refractivity (Wildman–Crippen MR) is 82.0 cm³/mol. The summed E-state index contributed by atoms with van der Waals surface area (Å²) in [4.78, 5) is 0. The molecule has 3 rings (SSSR count). The van der Waals surface area contributed by atoms with Crippen molar-refractivity contribution in [2.75, 3.05) is 5.75 Å². The maximum Gasteiger partial charge on any atom is 0.241 e. The SMILES string of the molecule is CC(C)(I)C1CSc2ccc3ccccc3[n+]21.[I-]. The number of hydrogen-bond donors (Lipinski definition) is 0. The van der Waals surface area contributed by atoms with Crippen molar-refractivity contribution in [3.63, 3.8) is 0 Å². The van der Waals surface area contributed by atoms with Crippen LogP contribution in [0.25, 0.3) is 10.9 Å². The molecule has 1 aromatic carbocycles. The van der Waals surface area contributed by atoms with Crippen molar-refractivity contribution in [3.8, 4) is 0 Å². The first-order valence-corrected chi connectivity index (χ1v) is 7.89. The van der Waals surface area contributed by atoms with Crippen molar-refractivity contribution in [1.29, 1.82) is 0 Å². The molecule has 1 nitrogen and oxygen atoms in total. The van der Waals surface area contributed by atoms with Crippen LogP contribution in [0.4, 0.5) is 0 Å². The fraction of sp³-hybridized carbons (Fsp3) is 0.357. The Morgan fingerprint density at radius 1 is 1.22 bits per heavy atom. The second kappa shape index (κ2) is 5.44. The molecule has 0 radical (unpaired) electrons. The molecular formula is C14H15I2NS. The lowest BCUT2D eigenvalue weighted by Crippen LogP contribution is -3.00. The van der Waals surface area contributed by atoms with Gasteiger partial charge in [0, 0.05) is 17.5 Å². The van der Waals surface area contributed by atoms with Gasteiger partial charge in [0.1, 0.15) is 0 Å². The first-order valence-electron chi connectivity index (χ1n) is 5.82. The largest absolute Gasteiger partial charge is 1.00 e. The molecule has 1 aromatic heterocycles. The van der Waals surface area contributed by atoms with Gasteiger partial charge in [-0.25, -0.2) is 0 Å². The summed E-state index contributed by atoms with van der Waals surface area (Å²) in [5, 5.41) is 2.74. The molecule has 0 aliphatic carbocycles. The van der Waals surface area contributed by atoms with Gasteiger partial charge in [-0.3, -0.25) is 0 Å². The fourth-order valence-corrected chi connectivity index (χ4v) is 4.61. The Balaban J connectivity index is 0.00000120. The molecule has 96 valence electrons. The van der Waals surface area contributed by atoms with E-state index in [0.717, 1.165) is 0 Å². The molecule has 1 aliphatic heterocycles. The Hall–Kier alpha value is 0.440. The highest BCUT2D eigenvalue weighted by molar-refractivity contribution is 14.1. The quantitative estimate of drug-likeness (QED) is 0.333. The molecule has 2 aromatic rings. The summed E-state index contributed by atoms with van der Waals surface area (Å²) in [6, 6.07) is 13.8. The van der Waals surface area contributed by atoms with Crippen LogP contribution in [0, 0.1) is 0 Å². The van der Waals surface area contributed by atoms with Crippen LogP contribution in [0.5, 0.6) is 0 Å². The molecule has 0 saturated carbocycles. The summed E-state index contributed by atoms with van der Waals surface area (Å²) in [7, 11) is 0. The van der Waals surface area contributed by atoms with Crippen molar-refractivity contribution in [2.24, 2.45) is 0 Å². The number of alkyl halides is 1. The summed E-state index contributed by atoms with van der Waals surface area (Å²) < 4.78 is 2.80. The number of benzene rings is 1. The summed E-state index contributed by atoms with van der Waals surface area (Å²) in [5.74, 6) is 1.18. The van der Waals surface area contributed by atoms with Gasteiger partial charge < -0.3 is 24.0 Å². The number of aromatic nitrogens is 1. The van der Waals surface area contributed by atoms with Gasteiger partial charge in [0.15, 0.2) is 6.04 Å². The zero-order valence-corrected chi connectivity index (χ0v) is 15.5. The lowest BCUT2D eigenvalue weighted by molar-refractivity contribution is -0.725. The van der Waals surface area contributed by atoms with Gasteiger partial charge in [-0.2, -0.15) is 4.57 Å². The molecule has 1 aliphatic rings. The molecule has 1 atom stereocenters. The normalized spacial score (nSPS) is 18.5. The number of hydrogen-bond acceptors (Lipinski definition) is 1. The molecule has 0 N–H and O–H groups in total. The van der Waals surface area contributed by atoms with E-state index in [-0.39, 0.29) is 27.4 Å². The van der Waals surface area contributed by atoms with Gasteiger partial charge in [-0.1, -0.05) is 46.5 Å². The highest BCUT2D eigenvalue weighted by atomic mass is 127. The molecule has 1 unspecified atom stereocenters. The molecule has 0 saturated heterocycles. The van der Waals surface area contributed by atoms with Crippen LogP contribution in [-0.4, -0.2) is 9.17 Å². The van der Waals surface area contributed by atoms with Crippen LogP contribution < -0.4 is 28.5 Å². The van der Waals surface area contributed by atoms with Gasteiger partial charge in [-0.15, -0.1) is 0 Å². The van der Waals surface area contributed by atoms with E-state index in [1.165, 1.54) is 21.7 Å². The molecule has 2 heterocycles. The molecule has 0 spiro atoms. The van der Waals surface area contributed by atoms with Crippen LogP contribution in [-0.2, 0) is 0 Å². The Labute approximate surface area is 143 Å². The van der Waals surface area contributed by atoms with E-state index in [2.05, 4.69) is 77.4 Å². The Morgan fingerprint density at radius 3 is 2.67 bits per heavy atom. The van der Waals surface area contributed by atoms with E-state index in [1.54, 1.807) is 0 Å². The zero-order valence-electron chi connectivity index (χ0n) is 10.4. The Morgan fingerprint density at radius 2 is 1.94 bits per heavy atom. The lowest BCUT2D eigenvalue weighted by Gasteiger charge is -2.20. The number of thioether (sulfide) groups is 1. The second-order valence-corrected chi connectivity index (χ2v) is 8.81. The standard InChI is InChI=1S/C14H15INS.HI/c1-14(2,15)12-9-17-13-8-7-10-5-3-4-6-11(10)16(12)13;/h3-8,12H,9H2,1-2H3;1H/q+1;/p-1. The Bertz CT molecular complexity index is 578. The number of para-hydroxylation sites is 1. The number of fused-ring (bicyclic) bond motifs is 3. The molecule has 0 bridgehead atoms. The molecule has 18 heavy (non-hydrogen) atoms. The third kappa shape index (κ3) is 2.52. The van der Waals surface area contributed by atoms with Crippen molar-refractivity contribution in [3.05, 3.63) is 36.4 Å². The van der Waals surface area contributed by atoms with E-state index in [4.69, 9.17) is 0 Å². The van der Waals surface area contributed by atoms with Gasteiger partial charge in [0.05, 0.1) is 9.17 Å². The summed E-state index contributed by atoms with van der Waals surface area (Å²) in [6.45, 7) is 4.64. The average Bonchev–Trinajstić information content (AvgIpc) is 2.72. The second-order valence-electron chi connectivity index (χ2n) is 4.99. The zero-order chi connectivity index (χ0) is 12.0. The average molecular weight is 483 g/mol. The number of halogens is 2. The number of rotatable bonds is 1. The Kier molecular flexibility index (Phi) is 4.48. The van der Waals surface area contributed by atoms with Crippen LogP contribution >= 0.6 is 34.4 Å². The minimum absolute atomic E-state index is 0. The first-order chi connectivity index (χ1) is 8.07. The van der Waals surface area contributed by atoms with E-state index >= 15 is 0 Å². The van der Waals surface area contributed by atoms with Gasteiger partial charge >= 0.3 is 0 Å². The van der Waals surface area contributed by atoms with E-state index < -0.39 is 0 Å². The predicted octanol–water partition coefficient (Wildman–Crippen LogP) is 0.992. The third-order valence-corrected chi connectivity index (χ3v) is 5.16. The summed E-state index contributed by atoms with van der Waals surface area (Å²) >= 11 is 4.55. The van der Waals surface area contributed by atoms with Crippen LogP contribution in [0.1, 0.15) is 19.9 Å². The fourth-order valence-electron chi connectivity index (χ4n) is 2.39. The highest BCUT2D eigenvalue weighted by Crippen LogP contribution is 2.38. The van der Waals surface area contributed by atoms with Crippen molar-refractivity contribution in [2.45, 2.75) is 28.3 Å². The van der Waals surface area contributed by atoms with Gasteiger partial charge in [0.2, 0.25) is 10.5 Å². The maximum absolute atomic E-state index is 2.57. The molecule has 0 amide bonds. The minimum Gasteiger partial charge on any atom is -1.00 e. The van der Waals surface area contributed by atoms with Crippen LogP contribution in [0.2, 0.25) is 0 Å². The van der Waals surface area contributed by atoms with Gasteiger partial charge in [-0.05, 0) is 26.0 Å². The highest BCUT2D eigenvalue weighted by Gasteiger charge is 2.42. The summed E-state index contributed by atoms with van der Waals surface area (Å²) in [6.07, 6.45) is 0. The van der Waals surface area contributed by atoms with E-state index in [1.807, 2.05) is 11.8 Å². The smallest absolute Gasteiger partial charge is 0.241 e. The lowest BCUT2D eigenvalue weighted by atomic mass is 10.0. The van der Waals surface area contributed by atoms with Crippen molar-refractivity contribution >= 4 is 45.3 Å². The van der Waals surface area contributed by atoms with Crippen molar-refractivity contribution in [1.82, 2.24) is 0 Å².